The molecular formula is C36H47N3O4Si. The zero-order valence-electron chi connectivity index (χ0n) is 26.8. The number of rotatable bonds is 12. The lowest BCUT2D eigenvalue weighted by molar-refractivity contribution is -0.165. The van der Waals surface area contributed by atoms with E-state index in [1.165, 1.54) is 10.4 Å². The van der Waals surface area contributed by atoms with Crippen LogP contribution < -0.4 is 20.8 Å². The Balaban J connectivity index is 1.33. The fourth-order valence-corrected chi connectivity index (χ4v) is 10.7. The van der Waals surface area contributed by atoms with E-state index in [0.29, 0.717) is 25.6 Å². The van der Waals surface area contributed by atoms with Crippen LogP contribution in [0, 0.1) is 0 Å². The molecule has 4 aromatic rings. The number of hydrogen-bond acceptors (Lipinski definition) is 6. The van der Waals surface area contributed by atoms with E-state index in [1.807, 2.05) is 30.3 Å². The second kappa shape index (κ2) is 13.7. The van der Waals surface area contributed by atoms with Gasteiger partial charge in [-0.25, -0.2) is 4.68 Å². The van der Waals surface area contributed by atoms with Crippen LogP contribution in [0.15, 0.2) is 91.0 Å². The fraction of sp³-hybridized carbons (Fsp3) is 0.417. The van der Waals surface area contributed by atoms with E-state index in [1.54, 1.807) is 4.68 Å². The number of anilines is 1. The van der Waals surface area contributed by atoms with Gasteiger partial charge in [0.05, 0.1) is 18.0 Å². The largest absolute Gasteiger partial charge is 0.491 e. The Bertz CT molecular complexity index is 1440. The highest BCUT2D eigenvalue weighted by Crippen LogP contribution is 2.38. The normalized spacial score (nSPS) is 16.2. The third-order valence-electron chi connectivity index (χ3n) is 8.35. The summed E-state index contributed by atoms with van der Waals surface area (Å²) in [6.07, 6.45) is 3.07. The van der Waals surface area contributed by atoms with Gasteiger partial charge in [0.1, 0.15) is 18.2 Å². The highest BCUT2D eigenvalue weighted by Gasteiger charge is 2.51. The second-order valence-corrected chi connectivity index (χ2v) is 17.5. The highest BCUT2D eigenvalue weighted by atomic mass is 28.4. The van der Waals surface area contributed by atoms with Crippen molar-refractivity contribution in [3.8, 4) is 11.4 Å². The van der Waals surface area contributed by atoms with Crippen molar-refractivity contribution in [3.63, 3.8) is 0 Å². The number of aromatic nitrogens is 2. The average molecular weight is 614 g/mol. The monoisotopic (exact) mass is 613 g/mol. The fourth-order valence-electron chi connectivity index (χ4n) is 5.94. The van der Waals surface area contributed by atoms with Gasteiger partial charge < -0.3 is 24.4 Å². The van der Waals surface area contributed by atoms with Crippen LogP contribution in [0.2, 0.25) is 5.04 Å². The summed E-state index contributed by atoms with van der Waals surface area (Å²) in [7, 11) is -2.70. The number of benzene rings is 3. The van der Waals surface area contributed by atoms with Crippen LogP contribution in [0.5, 0.6) is 5.75 Å². The van der Waals surface area contributed by atoms with Crippen molar-refractivity contribution >= 4 is 24.5 Å². The summed E-state index contributed by atoms with van der Waals surface area (Å²) in [5.74, 6) is 1.30. The van der Waals surface area contributed by atoms with Crippen LogP contribution in [-0.4, -0.2) is 50.8 Å². The first-order valence-corrected chi connectivity index (χ1v) is 17.6. The van der Waals surface area contributed by atoms with Crippen LogP contribution in [0.3, 0.4) is 0 Å². The van der Waals surface area contributed by atoms with Gasteiger partial charge in [-0.2, -0.15) is 5.10 Å². The minimum atomic E-state index is -2.70. The lowest BCUT2D eigenvalue weighted by atomic mass is 9.91. The maximum atomic E-state index is 7.27. The number of nitrogens with two attached hydrogens (primary N) is 1. The zero-order valence-corrected chi connectivity index (χ0v) is 27.8. The van der Waals surface area contributed by atoms with Gasteiger partial charge in [0.25, 0.3) is 8.32 Å². The summed E-state index contributed by atoms with van der Waals surface area (Å²) >= 11 is 0. The van der Waals surface area contributed by atoms with Crippen molar-refractivity contribution in [1.82, 2.24) is 9.78 Å². The van der Waals surface area contributed by atoms with Gasteiger partial charge in [-0.15, -0.1) is 0 Å². The lowest BCUT2D eigenvalue weighted by Gasteiger charge is -2.44. The number of hydrogen-bond donors (Lipinski definition) is 1. The van der Waals surface area contributed by atoms with Crippen LogP contribution in [0.4, 0.5) is 5.82 Å². The van der Waals surface area contributed by atoms with Crippen molar-refractivity contribution in [2.24, 2.45) is 0 Å². The smallest absolute Gasteiger partial charge is 0.261 e. The van der Waals surface area contributed by atoms with Gasteiger partial charge in [-0.05, 0) is 46.8 Å². The maximum absolute atomic E-state index is 7.27. The SMILES string of the molecule is CC(C)(CO[Si](c1ccccc1)(c1ccccc1)C(C)(C)C)c1cc(N)n(-c2cccc(OCCOC3CCCCO3)c2)n1. The van der Waals surface area contributed by atoms with Gasteiger partial charge in [-0.3, -0.25) is 0 Å². The summed E-state index contributed by atoms with van der Waals surface area (Å²) in [5.41, 5.74) is 7.86. The Kier molecular flexibility index (Phi) is 9.95. The minimum absolute atomic E-state index is 0.112. The molecule has 1 atom stereocenters. The maximum Gasteiger partial charge on any atom is 0.261 e. The van der Waals surface area contributed by atoms with Crippen molar-refractivity contribution < 1.29 is 18.6 Å². The molecular weight excluding hydrogens is 566 g/mol. The van der Waals surface area contributed by atoms with Crippen LogP contribution in [0.25, 0.3) is 5.69 Å². The molecule has 0 bridgehead atoms. The van der Waals surface area contributed by atoms with Crippen LogP contribution in [0.1, 0.15) is 59.6 Å². The summed E-state index contributed by atoms with van der Waals surface area (Å²) in [4.78, 5) is 0. The third-order valence-corrected chi connectivity index (χ3v) is 13.3. The predicted octanol–water partition coefficient (Wildman–Crippen LogP) is 6.23. The molecule has 0 radical (unpaired) electrons. The molecule has 5 rings (SSSR count). The Morgan fingerprint density at radius 2 is 1.55 bits per heavy atom. The Morgan fingerprint density at radius 3 is 2.16 bits per heavy atom. The topological polar surface area (TPSA) is 80.8 Å². The number of ether oxygens (including phenoxy) is 3. The first-order chi connectivity index (χ1) is 21.1. The minimum Gasteiger partial charge on any atom is -0.491 e. The summed E-state index contributed by atoms with van der Waals surface area (Å²) in [5, 5.41) is 7.39. The lowest BCUT2D eigenvalue weighted by Crippen LogP contribution is -2.67. The van der Waals surface area contributed by atoms with Gasteiger partial charge in [0, 0.05) is 30.8 Å². The summed E-state index contributed by atoms with van der Waals surface area (Å²) in [6, 6.07) is 31.2. The van der Waals surface area contributed by atoms with E-state index >= 15 is 0 Å². The van der Waals surface area contributed by atoms with Crippen molar-refractivity contribution in [3.05, 3.63) is 96.7 Å². The molecule has 1 saturated heterocycles. The van der Waals surface area contributed by atoms with E-state index in [-0.39, 0.29) is 11.3 Å². The van der Waals surface area contributed by atoms with Gasteiger partial charge >= 0.3 is 0 Å². The van der Waals surface area contributed by atoms with E-state index in [2.05, 4.69) is 95.3 Å². The van der Waals surface area contributed by atoms with Gasteiger partial charge in [0.2, 0.25) is 0 Å². The Labute approximate surface area is 263 Å². The molecule has 7 nitrogen and oxygen atoms in total. The molecule has 0 spiro atoms. The zero-order chi connectivity index (χ0) is 31.2. The van der Waals surface area contributed by atoms with E-state index in [0.717, 1.165) is 43.0 Å². The van der Waals surface area contributed by atoms with Crippen molar-refractivity contribution in [2.75, 3.05) is 32.2 Å². The van der Waals surface area contributed by atoms with Gasteiger partial charge in [0.15, 0.2) is 6.29 Å². The molecule has 1 unspecified atom stereocenters. The Hall–Kier alpha value is -3.43. The molecule has 2 N–H and O–H groups in total. The molecule has 1 aliphatic heterocycles. The molecule has 1 fully saturated rings. The van der Waals surface area contributed by atoms with Crippen LogP contribution >= 0.6 is 0 Å². The first-order valence-electron chi connectivity index (χ1n) is 15.7. The molecule has 1 aromatic heterocycles. The molecule has 0 amide bonds. The molecule has 3 aromatic carbocycles. The van der Waals surface area contributed by atoms with Crippen molar-refractivity contribution in [2.45, 2.75) is 70.6 Å². The molecule has 0 saturated carbocycles. The molecule has 8 heteroatoms. The van der Waals surface area contributed by atoms with Gasteiger partial charge in [-0.1, -0.05) is 101 Å². The first kappa shape index (κ1) is 32.0. The van der Waals surface area contributed by atoms with E-state index in [4.69, 9.17) is 29.5 Å². The predicted molar refractivity (Wildman–Crippen MR) is 180 cm³/mol. The quantitative estimate of drug-likeness (QED) is 0.151. The summed E-state index contributed by atoms with van der Waals surface area (Å²) < 4.78 is 26.5. The Morgan fingerprint density at radius 1 is 0.864 bits per heavy atom. The van der Waals surface area contributed by atoms with Crippen LogP contribution in [-0.2, 0) is 19.3 Å². The second-order valence-electron chi connectivity index (χ2n) is 13.2. The molecule has 0 aliphatic carbocycles. The number of nitrogen functional groups attached to an aromatic ring is 1. The van der Waals surface area contributed by atoms with E-state index < -0.39 is 13.7 Å². The van der Waals surface area contributed by atoms with E-state index in [9.17, 15) is 0 Å². The molecule has 234 valence electrons. The standard InChI is InChI=1S/C36H47N3O4Si/c1-35(2,3)44(30-17-8-6-9-18-30,31-19-10-7-11-20-31)43-27-36(4,5)32-26-33(37)39(38-32)28-15-14-16-29(25-28)40-23-24-42-34-21-12-13-22-41-34/h6-11,14-20,25-26,34H,12-13,21-24,27,37H2,1-5H3. The molecule has 1 aliphatic rings. The third kappa shape index (κ3) is 7.10. The average Bonchev–Trinajstić information content (AvgIpc) is 3.43. The highest BCUT2D eigenvalue weighted by molar-refractivity contribution is 6.99. The molecule has 44 heavy (non-hydrogen) atoms. The van der Waals surface area contributed by atoms with Crippen molar-refractivity contribution in [1.29, 1.82) is 0 Å². The summed E-state index contributed by atoms with van der Waals surface area (Å²) in [6.45, 7) is 13.4. The molecule has 2 heterocycles. The number of nitrogens with zero attached hydrogens (tertiary/aromatic N) is 2.